The van der Waals surface area contributed by atoms with Crippen molar-refractivity contribution >= 4 is 44.9 Å². The van der Waals surface area contributed by atoms with Crippen molar-refractivity contribution in [1.29, 1.82) is 0 Å². The molecule has 2 aromatic heterocycles. The number of carbonyl (C=O) groups is 2. The van der Waals surface area contributed by atoms with Crippen molar-refractivity contribution in [3.8, 4) is 16.9 Å². The van der Waals surface area contributed by atoms with E-state index in [9.17, 15) is 14.0 Å². The molecular formula is C26H23FN2O5S. The molecule has 4 aromatic rings. The monoisotopic (exact) mass is 494 g/mol. The van der Waals surface area contributed by atoms with Crippen molar-refractivity contribution in [3.63, 3.8) is 0 Å². The Hall–Kier alpha value is -3.98. The fraction of sp³-hybridized carbons (Fsp3) is 0.192. The van der Waals surface area contributed by atoms with Gasteiger partial charge in [-0.05, 0) is 43.2 Å². The molecule has 0 atom stereocenters. The summed E-state index contributed by atoms with van der Waals surface area (Å²) in [5.41, 5.74) is 4.13. The van der Waals surface area contributed by atoms with Gasteiger partial charge in [0.2, 0.25) is 5.91 Å². The van der Waals surface area contributed by atoms with Crippen LogP contribution >= 0.6 is 11.3 Å². The third-order valence-corrected chi connectivity index (χ3v) is 6.04. The van der Waals surface area contributed by atoms with Crippen LogP contribution in [0.15, 0.2) is 58.5 Å². The minimum absolute atomic E-state index is 0.0490. The molecule has 1 amide bonds. The summed E-state index contributed by atoms with van der Waals surface area (Å²) >= 11 is 1.23. The third-order valence-electron chi connectivity index (χ3n) is 5.24. The summed E-state index contributed by atoms with van der Waals surface area (Å²) in [7, 11) is 1.54. The fourth-order valence-corrected chi connectivity index (χ4v) is 4.32. The number of rotatable bonds is 8. The van der Waals surface area contributed by atoms with Gasteiger partial charge in [0.05, 0.1) is 32.1 Å². The number of nitrogens with zero attached hydrogens (tertiary/aromatic N) is 1. The number of amides is 1. The van der Waals surface area contributed by atoms with Gasteiger partial charge in [0, 0.05) is 34.0 Å². The number of methoxy groups -OCH3 is 1. The van der Waals surface area contributed by atoms with Crippen LogP contribution in [0.2, 0.25) is 0 Å². The lowest BCUT2D eigenvalue weighted by Crippen LogP contribution is -2.10. The number of furan rings is 1. The Kier molecular flexibility index (Phi) is 7.26. The maximum absolute atomic E-state index is 13.4. The van der Waals surface area contributed by atoms with Crippen molar-refractivity contribution < 1.29 is 27.9 Å². The number of esters is 1. The number of allylic oxidation sites excluding steroid dienone is 1. The Labute approximate surface area is 205 Å². The minimum Gasteiger partial charge on any atom is -0.496 e. The highest BCUT2D eigenvalue weighted by atomic mass is 32.1. The van der Waals surface area contributed by atoms with Gasteiger partial charge in [0.1, 0.15) is 17.1 Å². The molecule has 1 N–H and O–H groups in total. The molecule has 0 bridgehead atoms. The number of halogens is 1. The van der Waals surface area contributed by atoms with Gasteiger partial charge < -0.3 is 13.9 Å². The molecule has 7 nitrogen and oxygen atoms in total. The zero-order valence-electron chi connectivity index (χ0n) is 19.4. The maximum Gasteiger partial charge on any atom is 0.311 e. The molecule has 2 heterocycles. The molecule has 4 rings (SSSR count). The van der Waals surface area contributed by atoms with Gasteiger partial charge in [-0.2, -0.15) is 0 Å². The summed E-state index contributed by atoms with van der Waals surface area (Å²) < 4.78 is 29.5. The third kappa shape index (κ3) is 5.58. The van der Waals surface area contributed by atoms with Crippen molar-refractivity contribution in [2.75, 3.05) is 19.0 Å². The smallest absolute Gasteiger partial charge is 0.311 e. The first-order chi connectivity index (χ1) is 16.9. The second-order valence-corrected chi connectivity index (χ2v) is 8.51. The molecule has 0 spiro atoms. The van der Waals surface area contributed by atoms with Gasteiger partial charge in [-0.25, -0.2) is 9.37 Å². The Morgan fingerprint density at radius 3 is 2.71 bits per heavy atom. The average Bonchev–Trinajstić information content (AvgIpc) is 3.44. The SMILES string of the molecule is CCOC(=O)Cc1csc(NC(=O)/C=C(\C)c2cc3c(-c4ccc(F)cc4)coc3cc2OC)n1. The number of fused-ring (bicyclic) bond motifs is 1. The lowest BCUT2D eigenvalue weighted by atomic mass is 9.99. The Morgan fingerprint density at radius 1 is 1.23 bits per heavy atom. The predicted molar refractivity (Wildman–Crippen MR) is 133 cm³/mol. The second-order valence-electron chi connectivity index (χ2n) is 7.65. The number of ether oxygens (including phenoxy) is 2. The summed E-state index contributed by atoms with van der Waals surface area (Å²) in [6.45, 7) is 3.84. The van der Waals surface area contributed by atoms with Crippen LogP contribution in [-0.2, 0) is 20.7 Å². The molecule has 0 aliphatic heterocycles. The highest BCUT2D eigenvalue weighted by Crippen LogP contribution is 2.37. The van der Waals surface area contributed by atoms with E-state index in [4.69, 9.17) is 13.9 Å². The molecular weight excluding hydrogens is 471 g/mol. The van der Waals surface area contributed by atoms with Crippen LogP contribution in [0.4, 0.5) is 9.52 Å². The number of hydrogen-bond donors (Lipinski definition) is 1. The highest BCUT2D eigenvalue weighted by Gasteiger charge is 2.16. The van der Waals surface area contributed by atoms with Crippen LogP contribution < -0.4 is 10.1 Å². The predicted octanol–water partition coefficient (Wildman–Crippen LogP) is 5.85. The summed E-state index contributed by atoms with van der Waals surface area (Å²) in [6.07, 6.45) is 3.12. The van der Waals surface area contributed by atoms with Gasteiger partial charge in [-0.3, -0.25) is 14.9 Å². The van der Waals surface area contributed by atoms with Crippen LogP contribution in [0.5, 0.6) is 5.75 Å². The van der Waals surface area contributed by atoms with E-state index in [1.54, 1.807) is 50.8 Å². The normalized spacial score (nSPS) is 11.5. The highest BCUT2D eigenvalue weighted by molar-refractivity contribution is 7.14. The molecule has 0 fully saturated rings. The van der Waals surface area contributed by atoms with Crippen LogP contribution in [0.25, 0.3) is 27.7 Å². The number of aromatic nitrogens is 1. The molecule has 35 heavy (non-hydrogen) atoms. The standard InChI is InChI=1S/C26H23FN2O5S/c1-4-33-25(31)10-18-14-35-26(28-18)29-24(30)9-15(2)19-11-20-21(16-5-7-17(27)8-6-16)13-34-23(20)12-22(19)32-3/h5-9,11-14H,4,10H2,1-3H3,(H,28,29,30)/b15-9+. The van der Waals surface area contributed by atoms with Crippen molar-refractivity contribution in [3.05, 3.63) is 71.2 Å². The lowest BCUT2D eigenvalue weighted by Gasteiger charge is -2.10. The molecule has 0 unspecified atom stereocenters. The van der Waals surface area contributed by atoms with E-state index >= 15 is 0 Å². The number of anilines is 1. The number of hydrogen-bond acceptors (Lipinski definition) is 7. The number of benzene rings is 2. The summed E-state index contributed by atoms with van der Waals surface area (Å²) in [6, 6.07) is 9.80. The second kappa shape index (κ2) is 10.5. The van der Waals surface area contributed by atoms with Gasteiger partial charge in [-0.15, -0.1) is 11.3 Å². The number of carbonyl (C=O) groups excluding carboxylic acids is 2. The van der Waals surface area contributed by atoms with E-state index in [-0.39, 0.29) is 24.1 Å². The van der Waals surface area contributed by atoms with Crippen molar-refractivity contribution in [1.82, 2.24) is 4.98 Å². The molecule has 0 aliphatic rings. The Bertz CT molecular complexity index is 1410. The van der Waals surface area contributed by atoms with Gasteiger partial charge in [0.25, 0.3) is 0 Å². The molecule has 180 valence electrons. The first-order valence-corrected chi connectivity index (χ1v) is 11.7. The van der Waals surface area contributed by atoms with Gasteiger partial charge >= 0.3 is 5.97 Å². The summed E-state index contributed by atoms with van der Waals surface area (Å²) in [4.78, 5) is 28.5. The van der Waals surface area contributed by atoms with Crippen LogP contribution in [0.1, 0.15) is 25.1 Å². The topological polar surface area (TPSA) is 90.7 Å². The summed E-state index contributed by atoms with van der Waals surface area (Å²) in [5.74, 6) is -0.507. The van der Waals surface area contributed by atoms with E-state index in [2.05, 4.69) is 10.3 Å². The zero-order valence-corrected chi connectivity index (χ0v) is 20.2. The van der Waals surface area contributed by atoms with E-state index in [1.165, 1.54) is 29.5 Å². The van der Waals surface area contributed by atoms with Crippen LogP contribution in [-0.4, -0.2) is 30.6 Å². The van der Waals surface area contributed by atoms with E-state index in [0.717, 1.165) is 16.5 Å². The molecule has 9 heteroatoms. The lowest BCUT2D eigenvalue weighted by molar-refractivity contribution is -0.142. The first-order valence-electron chi connectivity index (χ1n) is 10.8. The van der Waals surface area contributed by atoms with Gasteiger partial charge in [0.15, 0.2) is 5.13 Å². The largest absolute Gasteiger partial charge is 0.496 e. The van der Waals surface area contributed by atoms with Crippen LogP contribution in [0.3, 0.4) is 0 Å². The number of thiazole rings is 1. The number of nitrogens with one attached hydrogen (secondary N) is 1. The van der Waals surface area contributed by atoms with E-state index < -0.39 is 0 Å². The quantitative estimate of drug-likeness (QED) is 0.244. The minimum atomic E-state index is -0.368. The van der Waals surface area contributed by atoms with Crippen molar-refractivity contribution in [2.24, 2.45) is 0 Å². The van der Waals surface area contributed by atoms with E-state index in [1.807, 2.05) is 6.07 Å². The molecule has 2 aromatic carbocycles. The average molecular weight is 495 g/mol. The fourth-order valence-electron chi connectivity index (χ4n) is 3.61. The van der Waals surface area contributed by atoms with Crippen LogP contribution in [0, 0.1) is 5.82 Å². The van der Waals surface area contributed by atoms with Gasteiger partial charge in [-0.1, -0.05) is 12.1 Å². The Morgan fingerprint density at radius 2 is 2.00 bits per heavy atom. The Balaban J connectivity index is 1.58. The van der Waals surface area contributed by atoms with Crippen molar-refractivity contribution in [2.45, 2.75) is 20.3 Å². The zero-order chi connectivity index (χ0) is 24.9. The summed E-state index contributed by atoms with van der Waals surface area (Å²) in [5, 5.41) is 5.62. The molecule has 0 radical (unpaired) electrons. The maximum atomic E-state index is 13.4. The first kappa shape index (κ1) is 24.2. The molecule has 0 saturated heterocycles. The van der Waals surface area contributed by atoms with E-state index in [0.29, 0.717) is 39.9 Å². The molecule has 0 saturated carbocycles. The molecule has 0 aliphatic carbocycles.